The van der Waals surface area contributed by atoms with E-state index in [1.165, 1.54) is 18.4 Å². The Hall–Kier alpha value is -2.44. The molecule has 114 valence electrons. The Kier molecular flexibility index (Phi) is 3.06. The third-order valence-corrected chi connectivity index (χ3v) is 4.16. The molecule has 3 aromatic rings. The second-order valence-corrected chi connectivity index (χ2v) is 5.87. The van der Waals surface area contributed by atoms with E-state index in [4.69, 9.17) is 4.52 Å². The zero-order valence-electron chi connectivity index (χ0n) is 12.8. The third-order valence-electron chi connectivity index (χ3n) is 4.16. The van der Waals surface area contributed by atoms with Crippen LogP contribution in [0.1, 0.15) is 29.9 Å². The molecule has 3 aromatic heterocycles. The Morgan fingerprint density at radius 2 is 2.05 bits per heavy atom. The van der Waals surface area contributed by atoms with E-state index in [1.54, 1.807) is 12.7 Å². The summed E-state index contributed by atoms with van der Waals surface area (Å²) in [5.41, 5.74) is 3.91. The van der Waals surface area contributed by atoms with Gasteiger partial charge >= 0.3 is 0 Å². The molecule has 0 N–H and O–H groups in total. The van der Waals surface area contributed by atoms with E-state index < -0.39 is 0 Å². The maximum absolute atomic E-state index is 5.49. The highest BCUT2D eigenvalue weighted by Gasteiger charge is 2.20. The van der Waals surface area contributed by atoms with Crippen molar-refractivity contribution in [2.75, 3.05) is 19.0 Å². The molecule has 0 saturated carbocycles. The maximum atomic E-state index is 5.49. The molecular formula is C15H18N6O. The fraction of sp³-hybridized carbons (Fsp3) is 0.467. The molecule has 0 spiro atoms. The molecule has 0 unspecified atom stereocenters. The van der Waals surface area contributed by atoms with Gasteiger partial charge in [-0.25, -0.2) is 15.0 Å². The van der Waals surface area contributed by atoms with Gasteiger partial charge in [-0.2, -0.15) is 0 Å². The smallest absolute Gasteiger partial charge is 0.165 e. The van der Waals surface area contributed by atoms with E-state index in [1.807, 2.05) is 23.6 Å². The third kappa shape index (κ3) is 2.04. The first kappa shape index (κ1) is 13.2. The highest BCUT2D eigenvalue weighted by atomic mass is 16.5. The van der Waals surface area contributed by atoms with Gasteiger partial charge in [0.05, 0.1) is 12.9 Å². The lowest BCUT2D eigenvalue weighted by Crippen LogP contribution is -2.12. The number of imidazole rings is 1. The molecule has 7 heteroatoms. The standard InChI is InChI=1S/C15H18N6O/c1-20(2)14-13-15(17-8-16-14)21(9-18-13)7-11-10-5-3-4-6-12(10)22-19-11/h8-9H,3-7H2,1-2H3. The van der Waals surface area contributed by atoms with Crippen LogP contribution in [0.3, 0.4) is 0 Å². The van der Waals surface area contributed by atoms with Gasteiger partial charge in [0.25, 0.3) is 0 Å². The van der Waals surface area contributed by atoms with Gasteiger partial charge in [-0.05, 0) is 19.3 Å². The van der Waals surface area contributed by atoms with Gasteiger partial charge in [-0.1, -0.05) is 5.16 Å². The van der Waals surface area contributed by atoms with Crippen LogP contribution in [0.2, 0.25) is 0 Å². The monoisotopic (exact) mass is 298 g/mol. The minimum Gasteiger partial charge on any atom is -0.361 e. The van der Waals surface area contributed by atoms with Crippen LogP contribution in [0.25, 0.3) is 11.2 Å². The number of fused-ring (bicyclic) bond motifs is 2. The fourth-order valence-corrected chi connectivity index (χ4v) is 3.05. The summed E-state index contributed by atoms with van der Waals surface area (Å²) in [4.78, 5) is 15.1. The van der Waals surface area contributed by atoms with Crippen LogP contribution < -0.4 is 4.90 Å². The summed E-state index contributed by atoms with van der Waals surface area (Å²) in [6.45, 7) is 0.638. The molecule has 0 amide bonds. The maximum Gasteiger partial charge on any atom is 0.165 e. The molecule has 0 radical (unpaired) electrons. The summed E-state index contributed by atoms with van der Waals surface area (Å²) in [5, 5.41) is 4.26. The van der Waals surface area contributed by atoms with Gasteiger partial charge in [-0.3, -0.25) is 0 Å². The summed E-state index contributed by atoms with van der Waals surface area (Å²) in [6.07, 6.45) is 7.83. The largest absolute Gasteiger partial charge is 0.361 e. The van der Waals surface area contributed by atoms with E-state index in [0.29, 0.717) is 6.54 Å². The van der Waals surface area contributed by atoms with Crippen molar-refractivity contribution in [1.82, 2.24) is 24.7 Å². The number of aryl methyl sites for hydroxylation is 1. The zero-order valence-corrected chi connectivity index (χ0v) is 12.8. The van der Waals surface area contributed by atoms with Gasteiger partial charge in [0.15, 0.2) is 17.0 Å². The average Bonchev–Trinajstić information content (AvgIpc) is 3.12. The molecular weight excluding hydrogens is 280 g/mol. The van der Waals surface area contributed by atoms with Crippen molar-refractivity contribution in [2.45, 2.75) is 32.2 Å². The Balaban J connectivity index is 1.73. The van der Waals surface area contributed by atoms with E-state index in [9.17, 15) is 0 Å². The summed E-state index contributed by atoms with van der Waals surface area (Å²) < 4.78 is 7.50. The van der Waals surface area contributed by atoms with Crippen molar-refractivity contribution < 1.29 is 4.52 Å². The first-order valence-corrected chi connectivity index (χ1v) is 7.53. The molecule has 22 heavy (non-hydrogen) atoms. The predicted octanol–water partition coefficient (Wildman–Crippen LogP) is 1.81. The van der Waals surface area contributed by atoms with Crippen LogP contribution in [0.15, 0.2) is 17.2 Å². The zero-order chi connectivity index (χ0) is 15.1. The van der Waals surface area contributed by atoms with Crippen molar-refractivity contribution in [2.24, 2.45) is 0 Å². The first-order chi connectivity index (χ1) is 10.7. The molecule has 4 rings (SSSR count). The molecule has 0 atom stereocenters. The number of hydrogen-bond acceptors (Lipinski definition) is 6. The topological polar surface area (TPSA) is 72.9 Å². The molecule has 1 aliphatic carbocycles. The molecule has 3 heterocycles. The van der Waals surface area contributed by atoms with Gasteiger partial charge in [-0.15, -0.1) is 0 Å². The lowest BCUT2D eigenvalue weighted by molar-refractivity contribution is 0.367. The minimum absolute atomic E-state index is 0.638. The Morgan fingerprint density at radius 1 is 1.18 bits per heavy atom. The molecule has 0 bridgehead atoms. The second kappa shape index (κ2) is 5.08. The number of hydrogen-bond donors (Lipinski definition) is 0. The van der Waals surface area contributed by atoms with Crippen molar-refractivity contribution in [1.29, 1.82) is 0 Å². The molecule has 0 aliphatic heterocycles. The van der Waals surface area contributed by atoms with Crippen LogP contribution in [-0.2, 0) is 19.4 Å². The SMILES string of the molecule is CN(C)c1ncnc2c1ncn2Cc1noc2c1CCCC2. The molecule has 0 fully saturated rings. The predicted molar refractivity (Wildman–Crippen MR) is 81.9 cm³/mol. The van der Waals surface area contributed by atoms with Crippen LogP contribution in [-0.4, -0.2) is 38.8 Å². The van der Waals surface area contributed by atoms with Crippen molar-refractivity contribution in [3.05, 3.63) is 29.7 Å². The normalized spacial score (nSPS) is 14.3. The van der Waals surface area contributed by atoms with Crippen LogP contribution in [0.4, 0.5) is 5.82 Å². The van der Waals surface area contributed by atoms with E-state index >= 15 is 0 Å². The highest BCUT2D eigenvalue weighted by molar-refractivity contribution is 5.83. The van der Waals surface area contributed by atoms with Crippen molar-refractivity contribution in [3.63, 3.8) is 0 Å². The van der Waals surface area contributed by atoms with Crippen LogP contribution >= 0.6 is 0 Å². The molecule has 0 aromatic carbocycles. The van der Waals surface area contributed by atoms with Gasteiger partial charge in [0.1, 0.15) is 17.8 Å². The van der Waals surface area contributed by atoms with Crippen LogP contribution in [0, 0.1) is 0 Å². The quantitative estimate of drug-likeness (QED) is 0.734. The van der Waals surface area contributed by atoms with Crippen molar-refractivity contribution in [3.8, 4) is 0 Å². The second-order valence-electron chi connectivity index (χ2n) is 5.87. The van der Waals surface area contributed by atoms with Crippen LogP contribution in [0.5, 0.6) is 0 Å². The summed E-state index contributed by atoms with van der Waals surface area (Å²) in [7, 11) is 3.91. The molecule has 1 aliphatic rings. The Bertz CT molecular complexity index is 819. The summed E-state index contributed by atoms with van der Waals surface area (Å²) in [6, 6.07) is 0. The Labute approximate surface area is 128 Å². The van der Waals surface area contributed by atoms with Gasteiger partial charge < -0.3 is 14.0 Å². The van der Waals surface area contributed by atoms with E-state index in [-0.39, 0.29) is 0 Å². The lowest BCUT2D eigenvalue weighted by Gasteiger charge is -2.11. The minimum atomic E-state index is 0.638. The number of rotatable bonds is 3. The number of nitrogens with zero attached hydrogens (tertiary/aromatic N) is 6. The summed E-state index contributed by atoms with van der Waals surface area (Å²) in [5.74, 6) is 1.88. The number of anilines is 1. The Morgan fingerprint density at radius 3 is 2.91 bits per heavy atom. The van der Waals surface area contributed by atoms with E-state index in [0.717, 1.165) is 41.3 Å². The van der Waals surface area contributed by atoms with Crippen molar-refractivity contribution >= 4 is 17.0 Å². The van der Waals surface area contributed by atoms with Gasteiger partial charge in [0, 0.05) is 26.1 Å². The van der Waals surface area contributed by atoms with E-state index in [2.05, 4.69) is 20.1 Å². The highest BCUT2D eigenvalue weighted by Crippen LogP contribution is 2.26. The molecule has 7 nitrogen and oxygen atoms in total. The molecule has 0 saturated heterocycles. The fourth-order valence-electron chi connectivity index (χ4n) is 3.05. The number of aromatic nitrogens is 5. The van der Waals surface area contributed by atoms with Gasteiger partial charge in [0.2, 0.25) is 0 Å². The first-order valence-electron chi connectivity index (χ1n) is 7.53. The average molecular weight is 298 g/mol. The lowest BCUT2D eigenvalue weighted by atomic mass is 9.96. The summed E-state index contributed by atoms with van der Waals surface area (Å²) >= 11 is 0.